The molecule has 2 atom stereocenters. The molecule has 0 aromatic rings. The van der Waals surface area contributed by atoms with Gasteiger partial charge in [0.15, 0.2) is 0 Å². The Morgan fingerprint density at radius 1 is 1.36 bits per heavy atom. The molecule has 14 heavy (non-hydrogen) atoms. The van der Waals surface area contributed by atoms with E-state index in [1.54, 1.807) is 0 Å². The number of halogens is 3. The standard InChI is InChI=1S/C9H19F3N2/c1-3-7(2)6-8(14-13)4-5-9(10,11)12/h7-8,14H,3-6,13H2,1-2H3. The SMILES string of the molecule is CCC(C)CC(CCC(F)(F)F)NN. The third kappa shape index (κ3) is 7.15. The molecule has 0 rings (SSSR count). The van der Waals surface area contributed by atoms with E-state index in [1.165, 1.54) is 0 Å². The van der Waals surface area contributed by atoms with Crippen molar-refractivity contribution in [1.29, 1.82) is 0 Å². The second-order valence-corrected chi connectivity index (χ2v) is 3.77. The molecule has 0 saturated heterocycles. The summed E-state index contributed by atoms with van der Waals surface area (Å²) in [7, 11) is 0. The van der Waals surface area contributed by atoms with Gasteiger partial charge in [-0.25, -0.2) is 0 Å². The van der Waals surface area contributed by atoms with Gasteiger partial charge in [-0.2, -0.15) is 13.2 Å². The van der Waals surface area contributed by atoms with Crippen LogP contribution in [0.3, 0.4) is 0 Å². The average molecular weight is 212 g/mol. The quantitative estimate of drug-likeness (QED) is 0.524. The van der Waals surface area contributed by atoms with Gasteiger partial charge in [0.25, 0.3) is 0 Å². The van der Waals surface area contributed by atoms with Gasteiger partial charge in [-0.05, 0) is 18.8 Å². The third-order valence-corrected chi connectivity index (χ3v) is 2.40. The van der Waals surface area contributed by atoms with Crippen LogP contribution in [0, 0.1) is 5.92 Å². The van der Waals surface area contributed by atoms with E-state index < -0.39 is 12.6 Å². The van der Waals surface area contributed by atoms with Gasteiger partial charge in [-0.3, -0.25) is 11.3 Å². The topological polar surface area (TPSA) is 38.0 Å². The summed E-state index contributed by atoms with van der Waals surface area (Å²) in [6.07, 6.45) is -3.12. The summed E-state index contributed by atoms with van der Waals surface area (Å²) in [5.41, 5.74) is 2.44. The molecule has 2 nitrogen and oxygen atoms in total. The summed E-state index contributed by atoms with van der Waals surface area (Å²) in [4.78, 5) is 0. The van der Waals surface area contributed by atoms with Gasteiger partial charge in [-0.15, -0.1) is 0 Å². The molecule has 0 heterocycles. The predicted octanol–water partition coefficient (Wildman–Crippen LogP) is 2.60. The lowest BCUT2D eigenvalue weighted by molar-refractivity contribution is -0.136. The number of hydrogen-bond donors (Lipinski definition) is 2. The zero-order valence-electron chi connectivity index (χ0n) is 8.69. The molecule has 0 fully saturated rings. The number of hydrogen-bond acceptors (Lipinski definition) is 2. The Balaban J connectivity index is 3.80. The Hall–Kier alpha value is -0.290. The summed E-state index contributed by atoms with van der Waals surface area (Å²) >= 11 is 0. The molecule has 0 aliphatic heterocycles. The van der Waals surface area contributed by atoms with Crippen LogP contribution < -0.4 is 11.3 Å². The fraction of sp³-hybridized carbons (Fsp3) is 1.00. The lowest BCUT2D eigenvalue weighted by Gasteiger charge is -2.19. The van der Waals surface area contributed by atoms with E-state index in [-0.39, 0.29) is 12.5 Å². The first-order valence-corrected chi connectivity index (χ1v) is 4.92. The molecule has 86 valence electrons. The highest BCUT2D eigenvalue weighted by Gasteiger charge is 2.28. The van der Waals surface area contributed by atoms with Crippen LogP contribution in [-0.4, -0.2) is 12.2 Å². The molecule has 5 heteroatoms. The Morgan fingerprint density at radius 2 is 1.93 bits per heavy atom. The highest BCUT2D eigenvalue weighted by atomic mass is 19.4. The smallest absolute Gasteiger partial charge is 0.271 e. The van der Waals surface area contributed by atoms with Crippen molar-refractivity contribution in [2.75, 3.05) is 0 Å². The number of hydrazine groups is 1. The first kappa shape index (κ1) is 13.7. The van der Waals surface area contributed by atoms with Crippen molar-refractivity contribution in [2.45, 2.75) is 51.7 Å². The molecule has 0 aromatic carbocycles. The van der Waals surface area contributed by atoms with Crippen molar-refractivity contribution in [1.82, 2.24) is 5.43 Å². The Kier molecular flexibility index (Phi) is 6.11. The monoisotopic (exact) mass is 212 g/mol. The summed E-state index contributed by atoms with van der Waals surface area (Å²) in [6.45, 7) is 4.03. The van der Waals surface area contributed by atoms with Gasteiger partial charge in [-0.1, -0.05) is 20.3 Å². The van der Waals surface area contributed by atoms with E-state index in [9.17, 15) is 13.2 Å². The number of alkyl halides is 3. The maximum atomic E-state index is 11.9. The minimum absolute atomic E-state index is 0.0599. The molecule has 0 amide bonds. The highest BCUT2D eigenvalue weighted by molar-refractivity contribution is 4.68. The normalized spacial score (nSPS) is 16.7. The van der Waals surface area contributed by atoms with Crippen LogP contribution in [0.15, 0.2) is 0 Å². The Labute approximate surface area is 83.0 Å². The Bertz CT molecular complexity index is 147. The molecular weight excluding hydrogens is 193 g/mol. The van der Waals surface area contributed by atoms with Crippen LogP contribution >= 0.6 is 0 Å². The number of nitrogens with one attached hydrogen (secondary N) is 1. The average Bonchev–Trinajstić information content (AvgIpc) is 2.10. The van der Waals surface area contributed by atoms with Gasteiger partial charge in [0.1, 0.15) is 0 Å². The van der Waals surface area contributed by atoms with Crippen LogP contribution in [0.4, 0.5) is 13.2 Å². The van der Waals surface area contributed by atoms with Crippen molar-refractivity contribution in [3.63, 3.8) is 0 Å². The first-order valence-electron chi connectivity index (χ1n) is 4.92. The van der Waals surface area contributed by atoms with Crippen molar-refractivity contribution >= 4 is 0 Å². The van der Waals surface area contributed by atoms with Gasteiger partial charge in [0.05, 0.1) is 0 Å². The zero-order chi connectivity index (χ0) is 11.2. The van der Waals surface area contributed by atoms with E-state index >= 15 is 0 Å². The van der Waals surface area contributed by atoms with Gasteiger partial charge < -0.3 is 0 Å². The van der Waals surface area contributed by atoms with E-state index in [0.29, 0.717) is 12.3 Å². The number of nitrogens with two attached hydrogens (primary N) is 1. The largest absolute Gasteiger partial charge is 0.389 e. The molecule has 0 spiro atoms. The molecule has 0 aromatic heterocycles. The number of rotatable bonds is 6. The fourth-order valence-electron chi connectivity index (χ4n) is 1.26. The van der Waals surface area contributed by atoms with E-state index in [2.05, 4.69) is 5.43 Å². The third-order valence-electron chi connectivity index (χ3n) is 2.40. The van der Waals surface area contributed by atoms with Crippen LogP contribution in [0.25, 0.3) is 0 Å². The second kappa shape index (κ2) is 6.24. The molecule has 2 unspecified atom stereocenters. The van der Waals surface area contributed by atoms with E-state index in [1.807, 2.05) is 13.8 Å². The summed E-state index contributed by atoms with van der Waals surface area (Å²) in [5, 5.41) is 0. The summed E-state index contributed by atoms with van der Waals surface area (Å²) < 4.78 is 35.7. The van der Waals surface area contributed by atoms with Gasteiger partial charge in [0, 0.05) is 12.5 Å². The summed E-state index contributed by atoms with van der Waals surface area (Å²) in [6, 6.07) is -0.230. The second-order valence-electron chi connectivity index (χ2n) is 3.77. The first-order chi connectivity index (χ1) is 6.39. The van der Waals surface area contributed by atoms with Crippen molar-refractivity contribution in [3.05, 3.63) is 0 Å². The Morgan fingerprint density at radius 3 is 2.29 bits per heavy atom. The van der Waals surface area contributed by atoms with E-state index in [4.69, 9.17) is 5.84 Å². The molecule has 0 aliphatic carbocycles. The van der Waals surface area contributed by atoms with E-state index in [0.717, 1.165) is 6.42 Å². The lowest BCUT2D eigenvalue weighted by atomic mass is 9.97. The minimum Gasteiger partial charge on any atom is -0.271 e. The molecule has 0 radical (unpaired) electrons. The van der Waals surface area contributed by atoms with Crippen molar-refractivity contribution in [2.24, 2.45) is 11.8 Å². The fourth-order valence-corrected chi connectivity index (χ4v) is 1.26. The van der Waals surface area contributed by atoms with Crippen LogP contribution in [0.2, 0.25) is 0 Å². The molecular formula is C9H19F3N2. The van der Waals surface area contributed by atoms with Crippen molar-refractivity contribution < 1.29 is 13.2 Å². The molecule has 0 aliphatic rings. The van der Waals surface area contributed by atoms with Crippen LogP contribution in [-0.2, 0) is 0 Å². The van der Waals surface area contributed by atoms with Gasteiger partial charge >= 0.3 is 6.18 Å². The van der Waals surface area contributed by atoms with Gasteiger partial charge in [0.2, 0.25) is 0 Å². The van der Waals surface area contributed by atoms with Crippen LogP contribution in [0.5, 0.6) is 0 Å². The summed E-state index contributed by atoms with van der Waals surface area (Å²) in [5.74, 6) is 5.59. The highest BCUT2D eigenvalue weighted by Crippen LogP contribution is 2.24. The minimum atomic E-state index is -4.08. The van der Waals surface area contributed by atoms with Crippen molar-refractivity contribution in [3.8, 4) is 0 Å². The molecule has 0 saturated carbocycles. The maximum absolute atomic E-state index is 11.9. The zero-order valence-corrected chi connectivity index (χ0v) is 8.69. The maximum Gasteiger partial charge on any atom is 0.389 e. The lowest BCUT2D eigenvalue weighted by Crippen LogP contribution is -2.37. The predicted molar refractivity (Wildman–Crippen MR) is 50.5 cm³/mol. The molecule has 3 N–H and O–H groups in total. The van der Waals surface area contributed by atoms with Crippen LogP contribution in [0.1, 0.15) is 39.5 Å². The molecule has 0 bridgehead atoms.